The van der Waals surface area contributed by atoms with Crippen LogP contribution in [0.25, 0.3) is 11.1 Å². The number of rotatable bonds is 13. The van der Waals surface area contributed by atoms with Crippen molar-refractivity contribution >= 4 is 39.5 Å². The van der Waals surface area contributed by atoms with E-state index in [0.717, 1.165) is 65.2 Å². The molecule has 3 aromatic rings. The fourth-order valence-corrected chi connectivity index (χ4v) is 7.34. The van der Waals surface area contributed by atoms with E-state index in [1.54, 1.807) is 0 Å². The van der Waals surface area contributed by atoms with Crippen molar-refractivity contribution in [1.82, 2.24) is 0 Å². The summed E-state index contributed by atoms with van der Waals surface area (Å²) in [4.78, 5) is 23.3. The van der Waals surface area contributed by atoms with Crippen molar-refractivity contribution in [1.29, 1.82) is 0 Å². The van der Waals surface area contributed by atoms with Crippen molar-refractivity contribution < 1.29 is 77.9 Å². The molecule has 0 amide bonds. The molecule has 2 nitrogen and oxygen atoms in total. The minimum atomic E-state index is 0. The Balaban J connectivity index is -0.000000145. The average Bonchev–Trinajstić information content (AvgIpc) is 3.25. The summed E-state index contributed by atoms with van der Waals surface area (Å²) in [5.41, 5.74) is 8.06. The molecule has 0 saturated heterocycles. The molecule has 340 valence electrons. The molecule has 0 atom stereocenters. The number of ketones is 2. The van der Waals surface area contributed by atoms with Crippen LogP contribution < -0.4 is 0 Å². The normalized spacial score (nSPS) is 17.5. The molecule has 2 aliphatic rings. The van der Waals surface area contributed by atoms with Gasteiger partial charge in [0.05, 0.1) is 11.6 Å². The maximum atomic E-state index is 11.7. The largest absolute Gasteiger partial charge is 0.317 e. The van der Waals surface area contributed by atoms with Crippen molar-refractivity contribution in [2.24, 2.45) is 23.7 Å². The van der Waals surface area contributed by atoms with Gasteiger partial charge in [0.2, 0.25) is 0 Å². The second-order valence-corrected chi connectivity index (χ2v) is 15.8. The molecule has 2 aliphatic carbocycles. The summed E-state index contributed by atoms with van der Waals surface area (Å²) in [6.45, 7) is 27.0. The van der Waals surface area contributed by atoms with E-state index in [9.17, 15) is 9.59 Å². The molecular formula is C56H90B2O2Y2-2. The molecule has 2 saturated carbocycles. The van der Waals surface area contributed by atoms with Crippen LogP contribution in [-0.2, 0) is 87.8 Å². The van der Waals surface area contributed by atoms with E-state index in [1.165, 1.54) is 80.9 Å². The third kappa shape index (κ3) is 31.7. The number of Topliss-reactive ketones (excluding diaryl/α,β-unsaturated/α-hetero) is 2. The van der Waals surface area contributed by atoms with Gasteiger partial charge in [0, 0.05) is 85.1 Å². The summed E-state index contributed by atoms with van der Waals surface area (Å²) in [6, 6.07) is 27.5. The smallest absolute Gasteiger partial charge is 0.0669 e. The first-order valence-corrected chi connectivity index (χ1v) is 23.6. The molecule has 0 bridgehead atoms. The van der Waals surface area contributed by atoms with Gasteiger partial charge in [-0.1, -0.05) is 208 Å². The first kappa shape index (κ1) is 69.8. The maximum absolute atomic E-state index is 11.7. The Morgan fingerprint density at radius 2 is 0.855 bits per heavy atom. The maximum Gasteiger partial charge on any atom is 0.0669 e. The summed E-state index contributed by atoms with van der Waals surface area (Å²) in [6.07, 6.45) is 23.9. The van der Waals surface area contributed by atoms with Crippen molar-refractivity contribution in [2.45, 2.75) is 186 Å². The van der Waals surface area contributed by atoms with Crippen LogP contribution in [0.15, 0.2) is 78.9 Å². The molecule has 8 radical (unpaired) electrons. The first-order chi connectivity index (χ1) is 28.1. The van der Waals surface area contributed by atoms with Crippen molar-refractivity contribution in [2.75, 3.05) is 0 Å². The quantitative estimate of drug-likeness (QED) is 0.0971. The Morgan fingerprint density at radius 1 is 0.516 bits per heavy atom. The van der Waals surface area contributed by atoms with Gasteiger partial charge in [-0.25, -0.2) is 23.3 Å². The fourth-order valence-electron chi connectivity index (χ4n) is 7.34. The zero-order chi connectivity index (χ0) is 43.7. The van der Waals surface area contributed by atoms with Gasteiger partial charge < -0.3 is 9.59 Å². The molecule has 0 spiro atoms. The molecule has 5 rings (SSSR count). The van der Waals surface area contributed by atoms with E-state index < -0.39 is 0 Å². The second kappa shape index (κ2) is 45.0. The third-order valence-corrected chi connectivity index (χ3v) is 11.0. The van der Waals surface area contributed by atoms with Crippen LogP contribution in [0.2, 0.25) is 0 Å². The number of allylic oxidation sites excluding steroid dienone is 4. The van der Waals surface area contributed by atoms with E-state index in [0.29, 0.717) is 12.8 Å². The molecule has 6 heteroatoms. The summed E-state index contributed by atoms with van der Waals surface area (Å²) in [5.74, 6) is 4.07. The van der Waals surface area contributed by atoms with Gasteiger partial charge in [-0.05, 0) is 73.3 Å². The molecule has 0 aliphatic heterocycles. The van der Waals surface area contributed by atoms with Gasteiger partial charge in [-0.15, -0.1) is 24.3 Å². The number of carbonyl (C=O) groups excluding carboxylic acids is 2. The summed E-state index contributed by atoms with van der Waals surface area (Å²) in [5, 5.41) is 0. The number of hydrogen-bond acceptors (Lipinski definition) is 2. The van der Waals surface area contributed by atoms with Crippen LogP contribution in [-0.4, -0.2) is 28.4 Å². The Labute approximate surface area is 442 Å². The SMILES string of the molecule is CC.CC.CC.CCC1CCC(C)CC1.CCCC(=O)[C-]=C(C)c1ccc(CC2CCC(C)CC2)cc1.CCCC(=O)[C-]=C(C)c1ccc(Cc2ccccc2)cc1.[2HH].[2HH].[B].[B].[Y].[Y]. The van der Waals surface area contributed by atoms with Gasteiger partial charge in [0.25, 0.3) is 0 Å². The predicted molar refractivity (Wildman–Crippen MR) is 273 cm³/mol. The number of hydrogen-bond donors (Lipinski definition) is 0. The topological polar surface area (TPSA) is 34.1 Å². The van der Waals surface area contributed by atoms with E-state index in [4.69, 9.17) is 0 Å². The molecule has 0 N–H and O–H groups in total. The molecule has 0 aromatic heterocycles. The Kier molecular flexibility index (Phi) is 50.7. The van der Waals surface area contributed by atoms with Crippen LogP contribution >= 0.6 is 0 Å². The Morgan fingerprint density at radius 3 is 1.21 bits per heavy atom. The first-order valence-electron chi connectivity index (χ1n) is 23.6. The molecule has 2 fully saturated rings. The molecular weight excluding hydrogens is 904 g/mol. The van der Waals surface area contributed by atoms with Crippen molar-refractivity contribution in [3.63, 3.8) is 0 Å². The Bertz CT molecular complexity index is 1530. The van der Waals surface area contributed by atoms with Crippen LogP contribution in [0.1, 0.15) is 204 Å². The molecule has 62 heavy (non-hydrogen) atoms. The van der Waals surface area contributed by atoms with Crippen molar-refractivity contribution in [3.8, 4) is 0 Å². The number of benzene rings is 3. The van der Waals surface area contributed by atoms with Gasteiger partial charge in [-0.2, -0.15) is 11.1 Å². The second-order valence-electron chi connectivity index (χ2n) is 15.8. The van der Waals surface area contributed by atoms with Crippen LogP contribution in [0, 0.1) is 35.8 Å². The van der Waals surface area contributed by atoms with E-state index in [-0.39, 0.29) is 96.7 Å². The third-order valence-electron chi connectivity index (χ3n) is 11.0. The molecule has 3 aromatic carbocycles. The van der Waals surface area contributed by atoms with Gasteiger partial charge in [0.15, 0.2) is 0 Å². The minimum absolute atomic E-state index is 0. The van der Waals surface area contributed by atoms with Gasteiger partial charge in [0.1, 0.15) is 0 Å². The predicted octanol–water partition coefficient (Wildman–Crippen LogP) is 16.5. The van der Waals surface area contributed by atoms with Gasteiger partial charge in [-0.3, -0.25) is 0 Å². The summed E-state index contributed by atoms with van der Waals surface area (Å²) < 4.78 is 0. The van der Waals surface area contributed by atoms with Crippen molar-refractivity contribution in [3.05, 3.63) is 119 Å². The summed E-state index contributed by atoms with van der Waals surface area (Å²) in [7, 11) is 0. The minimum Gasteiger partial charge on any atom is -0.317 e. The van der Waals surface area contributed by atoms with Crippen LogP contribution in [0.3, 0.4) is 0 Å². The number of carbonyl (C=O) groups is 2. The molecule has 0 heterocycles. The monoisotopic (exact) mass is 997 g/mol. The van der Waals surface area contributed by atoms with Crippen LogP contribution in [0.5, 0.6) is 0 Å². The Hall–Kier alpha value is -1.18. The summed E-state index contributed by atoms with van der Waals surface area (Å²) >= 11 is 0. The average molecular weight is 997 g/mol. The molecule has 0 unspecified atom stereocenters. The zero-order valence-corrected chi connectivity index (χ0v) is 47.7. The zero-order valence-electron chi connectivity index (χ0n) is 42.0. The van der Waals surface area contributed by atoms with Gasteiger partial charge >= 0.3 is 0 Å². The van der Waals surface area contributed by atoms with Crippen LogP contribution in [0.4, 0.5) is 0 Å². The van der Waals surface area contributed by atoms with E-state index in [1.807, 2.05) is 75.3 Å². The van der Waals surface area contributed by atoms with E-state index >= 15 is 0 Å². The van der Waals surface area contributed by atoms with E-state index in [2.05, 4.69) is 106 Å². The fraction of sp³-hybridized carbons (Fsp3) is 0.571. The standard InChI is InChI=1S/C21H29O.C20H21O.C9H18.3C2H6.2B.2Y.2H2/c1-4-5-21(22)14-17(3)20-12-10-19(11-13-20)15-18-8-6-16(2)7-9-18;1-3-7-20(21)14-16(2)19-12-10-18(11-13-19)15-17-8-5-4-6-9-17;1-3-9-6-4-8(2)5-7-9;3*1-2;;;;;;/h10-13,16,18H,4-9,15H2,1-3H3;4-6,8-13H,3,7,15H2,1-2H3;8-9H,3-7H2,1-2H3;3*1-2H3;;;;;2*1H/q2*-1;;;;;;;;;;/i;;;;;;;;;;2*1+1.